The Hall–Kier alpha value is -3.60. The lowest BCUT2D eigenvalue weighted by Gasteiger charge is -2.09. The van der Waals surface area contributed by atoms with Gasteiger partial charge in [-0.25, -0.2) is 0 Å². The van der Waals surface area contributed by atoms with Crippen LogP contribution >= 0.6 is 0 Å². The minimum atomic E-state index is -0.407. The van der Waals surface area contributed by atoms with Crippen molar-refractivity contribution in [3.63, 3.8) is 0 Å². The van der Waals surface area contributed by atoms with Gasteiger partial charge in [0.2, 0.25) is 0 Å². The van der Waals surface area contributed by atoms with Crippen molar-refractivity contribution in [2.24, 2.45) is 0 Å². The molecule has 0 heterocycles. The number of phenols is 1. The first kappa shape index (κ1) is 16.3. The first-order valence-corrected chi connectivity index (χ1v) is 7.69. The van der Waals surface area contributed by atoms with Crippen LogP contribution in [0.4, 0.5) is 11.4 Å². The van der Waals surface area contributed by atoms with Crippen molar-refractivity contribution in [1.29, 1.82) is 0 Å². The first-order valence-electron chi connectivity index (χ1n) is 7.69. The van der Waals surface area contributed by atoms with E-state index in [4.69, 9.17) is 0 Å². The molecule has 0 radical (unpaired) electrons. The van der Waals surface area contributed by atoms with Crippen molar-refractivity contribution < 1.29 is 14.7 Å². The van der Waals surface area contributed by atoms with Crippen LogP contribution in [0.5, 0.6) is 5.75 Å². The van der Waals surface area contributed by atoms with E-state index >= 15 is 0 Å². The molecule has 3 aromatic carbocycles. The molecule has 25 heavy (non-hydrogen) atoms. The predicted molar refractivity (Wildman–Crippen MR) is 96.9 cm³/mol. The number of benzene rings is 3. The van der Waals surface area contributed by atoms with Crippen LogP contribution in [0.15, 0.2) is 78.9 Å². The van der Waals surface area contributed by atoms with E-state index in [1.807, 2.05) is 18.2 Å². The fraction of sp³-hybridized carbons (Fsp3) is 0. The Morgan fingerprint density at radius 3 is 1.96 bits per heavy atom. The van der Waals surface area contributed by atoms with E-state index in [1.165, 1.54) is 12.1 Å². The molecule has 0 atom stereocenters. The molecule has 5 nitrogen and oxygen atoms in total. The minimum Gasteiger partial charge on any atom is -0.506 e. The van der Waals surface area contributed by atoms with Gasteiger partial charge in [0.25, 0.3) is 11.8 Å². The maximum atomic E-state index is 12.3. The van der Waals surface area contributed by atoms with Crippen LogP contribution in [0.2, 0.25) is 0 Å². The normalized spacial score (nSPS) is 10.1. The average molecular weight is 332 g/mol. The zero-order valence-electron chi connectivity index (χ0n) is 13.3. The number of hydrogen-bond donors (Lipinski definition) is 3. The Balaban J connectivity index is 1.76. The van der Waals surface area contributed by atoms with Gasteiger partial charge in [-0.2, -0.15) is 0 Å². The number of amides is 2. The molecule has 5 heteroatoms. The lowest BCUT2D eigenvalue weighted by atomic mass is 10.1. The van der Waals surface area contributed by atoms with Crippen molar-refractivity contribution in [3.8, 4) is 5.75 Å². The summed E-state index contributed by atoms with van der Waals surface area (Å²) in [6.07, 6.45) is 0. The summed E-state index contributed by atoms with van der Waals surface area (Å²) in [5.41, 5.74) is 1.68. The molecule has 3 aromatic rings. The van der Waals surface area contributed by atoms with Crippen LogP contribution in [0, 0.1) is 0 Å². The highest BCUT2D eigenvalue weighted by Crippen LogP contribution is 2.22. The standard InChI is InChI=1S/C20H16N2O3/c23-18-12-5-4-11-17(18)22-20(25)15-8-6-7-14(13-15)19(24)21-16-9-2-1-3-10-16/h1-13,23H,(H,21,24)(H,22,25). The molecule has 0 aliphatic rings. The monoisotopic (exact) mass is 332 g/mol. The van der Waals surface area contributed by atoms with E-state index in [9.17, 15) is 14.7 Å². The molecular weight excluding hydrogens is 316 g/mol. The number of nitrogens with one attached hydrogen (secondary N) is 2. The number of carbonyl (C=O) groups excluding carboxylic acids is 2. The summed E-state index contributed by atoms with van der Waals surface area (Å²) in [4.78, 5) is 24.7. The van der Waals surface area contributed by atoms with E-state index in [0.29, 0.717) is 22.5 Å². The van der Waals surface area contributed by atoms with Crippen LogP contribution in [0.25, 0.3) is 0 Å². The molecule has 0 spiro atoms. The quantitative estimate of drug-likeness (QED) is 0.634. The van der Waals surface area contributed by atoms with Gasteiger partial charge in [-0.05, 0) is 42.5 Å². The highest BCUT2D eigenvalue weighted by Gasteiger charge is 2.12. The van der Waals surface area contributed by atoms with Crippen LogP contribution in [-0.2, 0) is 0 Å². The Labute approximate surface area is 144 Å². The highest BCUT2D eigenvalue weighted by molar-refractivity contribution is 6.09. The van der Waals surface area contributed by atoms with Crippen LogP contribution in [0.3, 0.4) is 0 Å². The Bertz CT molecular complexity index is 908. The molecule has 0 fully saturated rings. The van der Waals surface area contributed by atoms with E-state index in [1.54, 1.807) is 48.5 Å². The third-order valence-electron chi connectivity index (χ3n) is 3.57. The molecule has 0 saturated carbocycles. The third-order valence-corrected chi connectivity index (χ3v) is 3.57. The number of rotatable bonds is 4. The summed E-state index contributed by atoms with van der Waals surface area (Å²) in [5, 5.41) is 15.1. The SMILES string of the molecule is O=C(Nc1ccccc1)c1cccc(C(=O)Nc2ccccc2O)c1. The van der Waals surface area contributed by atoms with E-state index in [-0.39, 0.29) is 11.7 Å². The molecule has 3 rings (SSSR count). The summed E-state index contributed by atoms with van der Waals surface area (Å²) in [7, 11) is 0. The molecule has 0 saturated heterocycles. The van der Waals surface area contributed by atoms with Crippen molar-refractivity contribution in [1.82, 2.24) is 0 Å². The molecule has 2 amide bonds. The van der Waals surface area contributed by atoms with Gasteiger partial charge in [-0.1, -0.05) is 36.4 Å². The van der Waals surface area contributed by atoms with Gasteiger partial charge in [0.05, 0.1) is 5.69 Å². The average Bonchev–Trinajstić information content (AvgIpc) is 2.64. The maximum Gasteiger partial charge on any atom is 0.255 e. The third kappa shape index (κ3) is 4.03. The predicted octanol–water partition coefficient (Wildman–Crippen LogP) is 3.90. The molecule has 0 bridgehead atoms. The molecule has 3 N–H and O–H groups in total. The molecule has 0 aliphatic heterocycles. The summed E-state index contributed by atoms with van der Waals surface area (Å²) >= 11 is 0. The number of aromatic hydroxyl groups is 1. The Kier molecular flexibility index (Phi) is 4.76. The van der Waals surface area contributed by atoms with Crippen molar-refractivity contribution in [3.05, 3.63) is 90.0 Å². The summed E-state index contributed by atoms with van der Waals surface area (Å²) in [6, 6.07) is 21.9. The zero-order valence-corrected chi connectivity index (χ0v) is 13.3. The highest BCUT2D eigenvalue weighted by atomic mass is 16.3. The first-order chi connectivity index (χ1) is 12.1. The van der Waals surface area contributed by atoms with E-state index in [0.717, 1.165) is 0 Å². The smallest absolute Gasteiger partial charge is 0.255 e. The minimum absolute atomic E-state index is 0.0196. The molecule has 0 aliphatic carbocycles. The Morgan fingerprint density at radius 1 is 0.680 bits per heavy atom. The van der Waals surface area contributed by atoms with E-state index in [2.05, 4.69) is 10.6 Å². The summed E-state index contributed by atoms with van der Waals surface area (Å²) in [6.45, 7) is 0. The van der Waals surface area contributed by atoms with Crippen molar-refractivity contribution >= 4 is 23.2 Å². The number of para-hydroxylation sites is 3. The lowest BCUT2D eigenvalue weighted by molar-refractivity contribution is 0.102. The van der Waals surface area contributed by atoms with Crippen LogP contribution in [0.1, 0.15) is 20.7 Å². The molecule has 124 valence electrons. The number of carbonyl (C=O) groups is 2. The zero-order chi connectivity index (χ0) is 17.6. The van der Waals surface area contributed by atoms with Gasteiger partial charge in [0, 0.05) is 16.8 Å². The molecule has 0 unspecified atom stereocenters. The van der Waals surface area contributed by atoms with Crippen LogP contribution in [-0.4, -0.2) is 16.9 Å². The summed E-state index contributed by atoms with van der Waals surface area (Å²) < 4.78 is 0. The van der Waals surface area contributed by atoms with Crippen molar-refractivity contribution in [2.75, 3.05) is 10.6 Å². The fourth-order valence-electron chi connectivity index (χ4n) is 2.30. The number of anilines is 2. The Morgan fingerprint density at radius 2 is 1.28 bits per heavy atom. The fourth-order valence-corrected chi connectivity index (χ4v) is 2.30. The van der Waals surface area contributed by atoms with Gasteiger partial charge in [0.15, 0.2) is 0 Å². The lowest BCUT2D eigenvalue weighted by Crippen LogP contribution is -2.15. The summed E-state index contributed by atoms with van der Waals surface area (Å²) in [5.74, 6) is -0.729. The molecule has 0 aromatic heterocycles. The van der Waals surface area contributed by atoms with Crippen molar-refractivity contribution in [2.45, 2.75) is 0 Å². The topological polar surface area (TPSA) is 78.4 Å². The van der Waals surface area contributed by atoms with Gasteiger partial charge in [0.1, 0.15) is 5.75 Å². The molecular formula is C20H16N2O3. The number of hydrogen-bond acceptors (Lipinski definition) is 3. The largest absolute Gasteiger partial charge is 0.506 e. The second-order valence-electron chi connectivity index (χ2n) is 5.37. The second-order valence-corrected chi connectivity index (χ2v) is 5.37. The second kappa shape index (κ2) is 7.31. The van der Waals surface area contributed by atoms with Gasteiger partial charge >= 0.3 is 0 Å². The van der Waals surface area contributed by atoms with Gasteiger partial charge in [-0.15, -0.1) is 0 Å². The number of phenolic OH excluding ortho intramolecular Hbond substituents is 1. The van der Waals surface area contributed by atoms with Gasteiger partial charge in [-0.3, -0.25) is 9.59 Å². The van der Waals surface area contributed by atoms with E-state index < -0.39 is 5.91 Å². The van der Waals surface area contributed by atoms with Gasteiger partial charge < -0.3 is 15.7 Å². The van der Waals surface area contributed by atoms with Crippen LogP contribution < -0.4 is 10.6 Å². The maximum absolute atomic E-state index is 12.3.